The van der Waals surface area contributed by atoms with E-state index in [1.165, 1.54) is 6.26 Å². The summed E-state index contributed by atoms with van der Waals surface area (Å²) in [4.78, 5) is 10.7. The van der Waals surface area contributed by atoms with Gasteiger partial charge in [-0.2, -0.15) is 0 Å². The van der Waals surface area contributed by atoms with Crippen molar-refractivity contribution >= 4 is 21.9 Å². The Labute approximate surface area is 75.7 Å². The average Bonchev–Trinajstić information content (AvgIpc) is 1.99. The molecule has 2 nitrogen and oxygen atoms in total. The Morgan fingerprint density at radius 2 is 2.18 bits per heavy atom. The molecule has 11 heavy (non-hydrogen) atoms. The van der Waals surface area contributed by atoms with Gasteiger partial charge in [0.2, 0.25) is 0 Å². The van der Waals surface area contributed by atoms with Gasteiger partial charge in [0.25, 0.3) is 0 Å². The quantitative estimate of drug-likeness (QED) is 0.298. The number of halogens is 1. The number of carbonyl (C=O) groups excluding carboxylic acids is 1. The monoisotopic (exact) mass is 220 g/mol. The van der Waals surface area contributed by atoms with Crippen LogP contribution in [-0.4, -0.2) is 11.3 Å². The summed E-state index contributed by atoms with van der Waals surface area (Å²) in [5.41, 5.74) is 0. The number of unbranched alkanes of at least 4 members (excludes halogenated alkanes) is 2. The maximum Gasteiger partial charge on any atom is 0.310 e. The van der Waals surface area contributed by atoms with Gasteiger partial charge in [0.1, 0.15) is 0 Å². The molecule has 0 N–H and O–H groups in total. The van der Waals surface area contributed by atoms with Gasteiger partial charge in [-0.1, -0.05) is 28.9 Å². The molecule has 0 atom stereocenters. The minimum atomic E-state index is -0.186. The maximum atomic E-state index is 10.7. The number of carbonyl (C=O) groups is 1. The van der Waals surface area contributed by atoms with Gasteiger partial charge >= 0.3 is 5.97 Å². The molecule has 0 aromatic rings. The normalized spacial score (nSPS) is 9.18. The lowest BCUT2D eigenvalue weighted by atomic mass is 10.2. The molecule has 0 aromatic carbocycles. The van der Waals surface area contributed by atoms with Gasteiger partial charge in [0.15, 0.2) is 0 Å². The van der Waals surface area contributed by atoms with Gasteiger partial charge in [-0.15, -0.1) is 0 Å². The highest BCUT2D eigenvalue weighted by Crippen LogP contribution is 2.02. The summed E-state index contributed by atoms with van der Waals surface area (Å²) >= 11 is 3.31. The van der Waals surface area contributed by atoms with Gasteiger partial charge < -0.3 is 4.74 Å². The maximum absolute atomic E-state index is 10.7. The number of rotatable bonds is 6. The standard InChI is InChI=1S/C8H13BrO2/c1-2-11-8(10)6-4-3-5-7-9/h2H,1,3-7H2. The molecule has 0 aliphatic carbocycles. The predicted octanol–water partition coefficient (Wildman–Crippen LogP) is 2.63. The molecule has 0 spiro atoms. The Hall–Kier alpha value is -0.310. The first-order valence-electron chi connectivity index (χ1n) is 3.67. The summed E-state index contributed by atoms with van der Waals surface area (Å²) in [6.45, 7) is 3.29. The van der Waals surface area contributed by atoms with E-state index >= 15 is 0 Å². The Bertz CT molecular complexity index is 123. The van der Waals surface area contributed by atoms with E-state index in [0.717, 1.165) is 24.6 Å². The van der Waals surface area contributed by atoms with Gasteiger partial charge in [-0.3, -0.25) is 4.79 Å². The molecular weight excluding hydrogens is 208 g/mol. The molecule has 0 radical (unpaired) electrons. The van der Waals surface area contributed by atoms with Crippen molar-refractivity contribution in [3.63, 3.8) is 0 Å². The first-order valence-corrected chi connectivity index (χ1v) is 4.79. The number of hydrogen-bond donors (Lipinski definition) is 0. The molecule has 0 heterocycles. The molecule has 0 aliphatic heterocycles. The number of ether oxygens (including phenoxy) is 1. The number of hydrogen-bond acceptors (Lipinski definition) is 2. The highest BCUT2D eigenvalue weighted by Gasteiger charge is 1.98. The van der Waals surface area contributed by atoms with E-state index in [-0.39, 0.29) is 5.97 Å². The summed E-state index contributed by atoms with van der Waals surface area (Å²) in [6.07, 6.45) is 4.75. The Balaban J connectivity index is 3.10. The summed E-state index contributed by atoms with van der Waals surface area (Å²) < 4.78 is 4.54. The molecule has 0 bridgehead atoms. The van der Waals surface area contributed by atoms with Crippen molar-refractivity contribution in [1.29, 1.82) is 0 Å². The van der Waals surface area contributed by atoms with E-state index in [1.54, 1.807) is 0 Å². The highest BCUT2D eigenvalue weighted by molar-refractivity contribution is 9.09. The Morgan fingerprint density at radius 1 is 1.45 bits per heavy atom. The van der Waals surface area contributed by atoms with E-state index < -0.39 is 0 Å². The third-order valence-electron chi connectivity index (χ3n) is 1.23. The van der Waals surface area contributed by atoms with Crippen LogP contribution in [0.25, 0.3) is 0 Å². The Kier molecular flexibility index (Phi) is 7.57. The molecule has 0 amide bonds. The van der Waals surface area contributed by atoms with Gasteiger partial charge in [-0.05, 0) is 12.8 Å². The van der Waals surface area contributed by atoms with Crippen LogP contribution in [0.1, 0.15) is 25.7 Å². The molecule has 0 aliphatic rings. The summed E-state index contributed by atoms with van der Waals surface area (Å²) in [7, 11) is 0. The van der Waals surface area contributed by atoms with Crippen molar-refractivity contribution in [2.24, 2.45) is 0 Å². The lowest BCUT2D eigenvalue weighted by Gasteiger charge is -1.97. The van der Waals surface area contributed by atoms with Crippen LogP contribution in [-0.2, 0) is 9.53 Å². The van der Waals surface area contributed by atoms with Gasteiger partial charge in [0.05, 0.1) is 6.26 Å². The van der Waals surface area contributed by atoms with Crippen molar-refractivity contribution < 1.29 is 9.53 Å². The van der Waals surface area contributed by atoms with E-state index in [2.05, 4.69) is 27.2 Å². The van der Waals surface area contributed by atoms with Crippen molar-refractivity contribution in [1.82, 2.24) is 0 Å². The minimum absolute atomic E-state index is 0.186. The lowest BCUT2D eigenvalue weighted by Crippen LogP contribution is -1.98. The van der Waals surface area contributed by atoms with Gasteiger partial charge in [0, 0.05) is 11.8 Å². The van der Waals surface area contributed by atoms with Crippen molar-refractivity contribution in [2.75, 3.05) is 5.33 Å². The lowest BCUT2D eigenvalue weighted by molar-refractivity contribution is -0.138. The molecular formula is C8H13BrO2. The topological polar surface area (TPSA) is 26.3 Å². The van der Waals surface area contributed by atoms with Crippen LogP contribution in [0.15, 0.2) is 12.8 Å². The van der Waals surface area contributed by atoms with Crippen molar-refractivity contribution in [3.05, 3.63) is 12.8 Å². The molecule has 3 heteroatoms. The second kappa shape index (κ2) is 7.79. The fourth-order valence-electron chi connectivity index (χ4n) is 0.692. The second-order valence-electron chi connectivity index (χ2n) is 2.16. The second-order valence-corrected chi connectivity index (χ2v) is 2.95. The zero-order chi connectivity index (χ0) is 8.53. The fourth-order valence-corrected chi connectivity index (χ4v) is 1.09. The van der Waals surface area contributed by atoms with Crippen LogP contribution in [0.4, 0.5) is 0 Å². The summed E-state index contributed by atoms with van der Waals surface area (Å²) in [6, 6.07) is 0. The van der Waals surface area contributed by atoms with Crippen LogP contribution in [0.5, 0.6) is 0 Å². The van der Waals surface area contributed by atoms with E-state index in [9.17, 15) is 4.79 Å². The van der Waals surface area contributed by atoms with E-state index in [4.69, 9.17) is 0 Å². The van der Waals surface area contributed by atoms with Crippen LogP contribution < -0.4 is 0 Å². The zero-order valence-corrected chi connectivity index (χ0v) is 8.10. The van der Waals surface area contributed by atoms with Crippen LogP contribution in [0, 0.1) is 0 Å². The van der Waals surface area contributed by atoms with Crippen molar-refractivity contribution in [2.45, 2.75) is 25.7 Å². The number of esters is 1. The van der Waals surface area contributed by atoms with Gasteiger partial charge in [-0.25, -0.2) is 0 Å². The molecule has 0 fully saturated rings. The first kappa shape index (κ1) is 10.7. The van der Waals surface area contributed by atoms with Crippen molar-refractivity contribution in [3.8, 4) is 0 Å². The SMILES string of the molecule is C=COC(=O)CCCCCBr. The molecule has 0 rings (SSSR count). The largest absolute Gasteiger partial charge is 0.435 e. The smallest absolute Gasteiger partial charge is 0.310 e. The third-order valence-corrected chi connectivity index (χ3v) is 1.79. The summed E-state index contributed by atoms with van der Waals surface area (Å²) in [5.74, 6) is -0.186. The molecule has 0 saturated heterocycles. The molecule has 0 unspecified atom stereocenters. The van der Waals surface area contributed by atoms with Crippen LogP contribution in [0.2, 0.25) is 0 Å². The molecule has 0 saturated carbocycles. The first-order chi connectivity index (χ1) is 5.31. The Morgan fingerprint density at radius 3 is 2.73 bits per heavy atom. The number of alkyl halides is 1. The fraction of sp³-hybridized carbons (Fsp3) is 0.625. The van der Waals surface area contributed by atoms with E-state index in [0.29, 0.717) is 6.42 Å². The van der Waals surface area contributed by atoms with Crippen LogP contribution >= 0.6 is 15.9 Å². The average molecular weight is 221 g/mol. The highest BCUT2D eigenvalue weighted by atomic mass is 79.9. The third kappa shape index (κ3) is 7.59. The predicted molar refractivity (Wildman–Crippen MR) is 48.6 cm³/mol. The molecule has 0 aromatic heterocycles. The minimum Gasteiger partial charge on any atom is -0.435 e. The zero-order valence-electron chi connectivity index (χ0n) is 6.51. The van der Waals surface area contributed by atoms with E-state index in [1.807, 2.05) is 0 Å². The molecule has 64 valence electrons. The summed E-state index contributed by atoms with van der Waals surface area (Å²) in [5, 5.41) is 1.00. The van der Waals surface area contributed by atoms with Crippen LogP contribution in [0.3, 0.4) is 0 Å².